The predicted octanol–water partition coefficient (Wildman–Crippen LogP) is 2.40. The minimum Gasteiger partial charge on any atom is -0.495 e. The highest BCUT2D eigenvalue weighted by Gasteiger charge is 2.57. The van der Waals surface area contributed by atoms with E-state index in [1.807, 2.05) is 12.1 Å². The van der Waals surface area contributed by atoms with Crippen LogP contribution < -0.4 is 9.64 Å². The fourth-order valence-corrected chi connectivity index (χ4v) is 4.13. The monoisotopic (exact) mass is 283 g/mol. The van der Waals surface area contributed by atoms with Crippen LogP contribution in [0.3, 0.4) is 0 Å². The van der Waals surface area contributed by atoms with Gasteiger partial charge >= 0.3 is 0 Å². The first kappa shape index (κ1) is 12.6. The number of allylic oxidation sites excluding steroid dienone is 2. The number of nitrogens with zero attached hydrogens (tertiary/aromatic N) is 1. The number of hydrogen-bond acceptors (Lipinski definition) is 3. The summed E-state index contributed by atoms with van der Waals surface area (Å²) in [7, 11) is 1.56. The summed E-state index contributed by atoms with van der Waals surface area (Å²) in [6.07, 6.45) is 6.29. The number of benzene rings is 1. The van der Waals surface area contributed by atoms with Crippen molar-refractivity contribution in [2.75, 3.05) is 12.0 Å². The van der Waals surface area contributed by atoms with Gasteiger partial charge in [0.05, 0.1) is 24.6 Å². The van der Waals surface area contributed by atoms with Crippen molar-refractivity contribution in [2.45, 2.75) is 12.8 Å². The molecule has 4 nitrogen and oxygen atoms in total. The van der Waals surface area contributed by atoms with Gasteiger partial charge in [0.25, 0.3) is 0 Å². The number of ether oxygens (including phenoxy) is 1. The molecule has 1 aromatic carbocycles. The normalized spacial score (nSPS) is 33.5. The SMILES string of the molecule is COc1ccccc1N1C(=O)[C@@H]2[C@H](C1=O)[C@H]1C=C[C@@H]2CC1. The van der Waals surface area contributed by atoms with Gasteiger partial charge in [-0.3, -0.25) is 9.59 Å². The lowest BCUT2D eigenvalue weighted by atomic mass is 9.63. The molecular weight excluding hydrogens is 266 g/mol. The van der Waals surface area contributed by atoms with Crippen molar-refractivity contribution in [3.05, 3.63) is 36.4 Å². The van der Waals surface area contributed by atoms with Crippen molar-refractivity contribution in [3.8, 4) is 5.75 Å². The molecule has 21 heavy (non-hydrogen) atoms. The first-order valence-corrected chi connectivity index (χ1v) is 7.41. The molecule has 1 saturated carbocycles. The molecule has 4 heteroatoms. The van der Waals surface area contributed by atoms with E-state index < -0.39 is 0 Å². The number of fused-ring (bicyclic) bond motifs is 1. The Balaban J connectivity index is 1.79. The molecule has 2 amide bonds. The Hall–Kier alpha value is -2.10. The maximum Gasteiger partial charge on any atom is 0.238 e. The van der Waals surface area contributed by atoms with E-state index in [0.29, 0.717) is 11.4 Å². The van der Waals surface area contributed by atoms with E-state index in [-0.39, 0.29) is 35.5 Å². The van der Waals surface area contributed by atoms with E-state index in [0.717, 1.165) is 12.8 Å². The number of anilines is 1. The molecule has 1 heterocycles. The van der Waals surface area contributed by atoms with E-state index in [1.54, 1.807) is 19.2 Å². The van der Waals surface area contributed by atoms with Gasteiger partial charge in [-0.05, 0) is 36.8 Å². The first-order chi connectivity index (χ1) is 10.2. The molecule has 0 spiro atoms. The molecule has 2 fully saturated rings. The standard InChI is InChI=1S/C17H17NO3/c1-21-13-5-3-2-4-12(13)18-16(19)14-10-6-7-11(9-8-10)15(14)17(18)20/h2-7,10-11,14-15H,8-9H2,1H3/t10-,11+,14+,15-. The summed E-state index contributed by atoms with van der Waals surface area (Å²) in [6, 6.07) is 7.23. The topological polar surface area (TPSA) is 46.6 Å². The summed E-state index contributed by atoms with van der Waals surface area (Å²) >= 11 is 0. The van der Waals surface area contributed by atoms with Crippen LogP contribution in [0.25, 0.3) is 0 Å². The second kappa shape index (κ2) is 4.45. The average molecular weight is 283 g/mol. The van der Waals surface area contributed by atoms with Crippen LogP contribution in [0.15, 0.2) is 36.4 Å². The zero-order chi connectivity index (χ0) is 14.6. The van der Waals surface area contributed by atoms with Crippen molar-refractivity contribution in [2.24, 2.45) is 23.7 Å². The molecule has 3 aliphatic carbocycles. The Kier molecular flexibility index (Phi) is 2.67. The fourth-order valence-electron chi connectivity index (χ4n) is 4.13. The summed E-state index contributed by atoms with van der Waals surface area (Å²) in [4.78, 5) is 27.0. The van der Waals surface area contributed by atoms with E-state index in [4.69, 9.17) is 4.74 Å². The summed E-state index contributed by atoms with van der Waals surface area (Å²) in [5.41, 5.74) is 0.573. The largest absolute Gasteiger partial charge is 0.495 e. The number of rotatable bonds is 2. The van der Waals surface area contributed by atoms with Crippen LogP contribution in [0, 0.1) is 23.7 Å². The van der Waals surface area contributed by atoms with Crippen molar-refractivity contribution in [1.82, 2.24) is 0 Å². The quantitative estimate of drug-likeness (QED) is 0.618. The minimum absolute atomic E-state index is 0.0615. The third kappa shape index (κ3) is 1.62. The van der Waals surface area contributed by atoms with E-state index in [9.17, 15) is 9.59 Å². The second-order valence-corrected chi connectivity index (χ2v) is 6.03. The van der Waals surface area contributed by atoms with E-state index in [1.165, 1.54) is 4.90 Å². The van der Waals surface area contributed by atoms with Crippen LogP contribution in [0.5, 0.6) is 5.75 Å². The van der Waals surface area contributed by atoms with Crippen LogP contribution in [0.2, 0.25) is 0 Å². The summed E-state index contributed by atoms with van der Waals surface area (Å²) in [6.45, 7) is 0. The van der Waals surface area contributed by atoms with Crippen LogP contribution in [0.1, 0.15) is 12.8 Å². The van der Waals surface area contributed by atoms with Gasteiger partial charge in [0.2, 0.25) is 11.8 Å². The first-order valence-electron chi connectivity index (χ1n) is 7.41. The van der Waals surface area contributed by atoms with Crippen LogP contribution in [0.4, 0.5) is 5.69 Å². The number of imide groups is 1. The third-order valence-electron chi connectivity index (χ3n) is 5.09. The molecule has 1 aliphatic heterocycles. The molecule has 0 aromatic heterocycles. The number of hydrogen-bond donors (Lipinski definition) is 0. The maximum absolute atomic E-state index is 12.8. The number of amides is 2. The number of carbonyl (C=O) groups is 2. The molecule has 2 bridgehead atoms. The zero-order valence-electron chi connectivity index (χ0n) is 11.9. The summed E-state index contributed by atoms with van der Waals surface area (Å²) < 4.78 is 5.32. The lowest BCUT2D eigenvalue weighted by molar-refractivity contribution is -0.124. The Labute approximate surface area is 123 Å². The van der Waals surface area contributed by atoms with Gasteiger partial charge in [-0.1, -0.05) is 24.3 Å². The Morgan fingerprint density at radius 2 is 1.57 bits per heavy atom. The molecule has 5 rings (SSSR count). The second-order valence-electron chi connectivity index (χ2n) is 6.03. The van der Waals surface area contributed by atoms with E-state index in [2.05, 4.69) is 12.2 Å². The fraction of sp³-hybridized carbons (Fsp3) is 0.412. The molecule has 4 atom stereocenters. The summed E-state index contributed by atoms with van der Waals surface area (Å²) in [5.74, 6) is 0.532. The smallest absolute Gasteiger partial charge is 0.238 e. The minimum atomic E-state index is -0.175. The van der Waals surface area contributed by atoms with Gasteiger partial charge in [-0.2, -0.15) is 0 Å². The van der Waals surface area contributed by atoms with Gasteiger partial charge in [-0.15, -0.1) is 0 Å². The Morgan fingerprint density at radius 3 is 2.10 bits per heavy atom. The lowest BCUT2D eigenvalue weighted by Crippen LogP contribution is -2.38. The number of carbonyl (C=O) groups excluding carboxylic acids is 2. The van der Waals surface area contributed by atoms with Crippen molar-refractivity contribution < 1.29 is 14.3 Å². The van der Waals surface area contributed by atoms with Crippen molar-refractivity contribution in [1.29, 1.82) is 0 Å². The molecule has 0 unspecified atom stereocenters. The van der Waals surface area contributed by atoms with E-state index >= 15 is 0 Å². The highest BCUT2D eigenvalue weighted by molar-refractivity contribution is 6.23. The molecular formula is C17H17NO3. The van der Waals surface area contributed by atoms with Gasteiger partial charge in [0.15, 0.2) is 0 Å². The molecule has 1 saturated heterocycles. The number of para-hydroxylation sites is 2. The lowest BCUT2D eigenvalue weighted by Gasteiger charge is -2.38. The Morgan fingerprint density at radius 1 is 1.00 bits per heavy atom. The predicted molar refractivity (Wildman–Crippen MR) is 77.8 cm³/mol. The van der Waals surface area contributed by atoms with Crippen LogP contribution >= 0.6 is 0 Å². The highest BCUT2D eigenvalue weighted by Crippen LogP contribution is 2.51. The highest BCUT2D eigenvalue weighted by atomic mass is 16.5. The third-order valence-corrected chi connectivity index (χ3v) is 5.09. The molecule has 0 N–H and O–H groups in total. The zero-order valence-corrected chi connectivity index (χ0v) is 11.9. The van der Waals surface area contributed by atoms with Gasteiger partial charge < -0.3 is 4.74 Å². The molecule has 4 aliphatic rings. The average Bonchev–Trinajstić information content (AvgIpc) is 2.82. The summed E-state index contributed by atoms with van der Waals surface area (Å²) in [5, 5.41) is 0. The molecule has 1 aromatic rings. The molecule has 0 radical (unpaired) electrons. The molecule has 108 valence electrons. The van der Waals surface area contributed by atoms with Crippen LogP contribution in [-0.2, 0) is 9.59 Å². The Bertz CT molecular complexity index is 619. The van der Waals surface area contributed by atoms with Gasteiger partial charge in [0.1, 0.15) is 5.75 Å². The van der Waals surface area contributed by atoms with Gasteiger partial charge in [0, 0.05) is 0 Å². The van der Waals surface area contributed by atoms with Crippen molar-refractivity contribution in [3.63, 3.8) is 0 Å². The van der Waals surface area contributed by atoms with Crippen molar-refractivity contribution >= 4 is 17.5 Å². The maximum atomic E-state index is 12.8. The number of methoxy groups -OCH3 is 1. The van der Waals surface area contributed by atoms with Crippen LogP contribution in [-0.4, -0.2) is 18.9 Å². The van der Waals surface area contributed by atoms with Gasteiger partial charge in [-0.25, -0.2) is 4.90 Å².